The first-order valence-electron chi connectivity index (χ1n) is 11.7. The molecule has 0 spiro atoms. The fourth-order valence-electron chi connectivity index (χ4n) is 4.30. The molecule has 17 heteroatoms. The number of nitrogens with zero attached hydrogens (tertiary/aromatic N) is 1. The molecule has 1 unspecified atom stereocenters. The van der Waals surface area contributed by atoms with Gasteiger partial charge < -0.3 is 15.5 Å². The molecule has 3 N–H and O–H groups in total. The molecule has 2 aromatic rings. The van der Waals surface area contributed by atoms with E-state index >= 15 is 0 Å². The Kier molecular flexibility index (Phi) is 8.69. The number of hydrogen-bond donors (Lipinski definition) is 3. The number of alkyl halides is 9. The van der Waals surface area contributed by atoms with E-state index in [0.717, 1.165) is 0 Å². The Morgan fingerprint density at radius 3 is 2.07 bits per heavy atom. The molecular weight excluding hydrogens is 599 g/mol. The van der Waals surface area contributed by atoms with Crippen molar-refractivity contribution < 1.29 is 62.9 Å². The first-order valence-corrected chi connectivity index (χ1v) is 13.2. The van der Waals surface area contributed by atoms with Gasteiger partial charge in [-0.1, -0.05) is 29.8 Å². The lowest BCUT2D eigenvalue weighted by molar-refractivity contribution is -0.376. The molecule has 0 saturated heterocycles. The number of halogens is 9. The Balaban J connectivity index is 2.07. The SMILES string of the molecule is Cc1ccc(S(=O)(=O)N2c3ccc(C(O)(C(F)(F)F)C(F)(F)F)cc3CC[C@H]2CC(=O)NCC(O)C(F)(F)F)cc1. The average molecular weight is 623 g/mol. The number of fused-ring (bicyclic) bond motifs is 1. The van der Waals surface area contributed by atoms with E-state index in [2.05, 4.69) is 0 Å². The molecule has 3 rings (SSSR count). The molecule has 228 valence electrons. The maximum Gasteiger partial charge on any atom is 0.430 e. The standard InChI is InChI=1S/C24H23F9N2O5S/c1-13-2-7-17(8-3-13)41(39,40)35-16(11-20(37)34-12-19(36)22(25,26)27)6-4-14-10-15(5-9-18(14)35)21(38,23(28,29)30)24(31,32)33/h2-3,5,7-10,16,19,36,38H,4,6,11-12H2,1H3,(H,34,37)/t16-,19?/m0/s1. The van der Waals surface area contributed by atoms with Gasteiger partial charge in [0.2, 0.25) is 5.91 Å². The van der Waals surface area contributed by atoms with Gasteiger partial charge in [0.1, 0.15) is 0 Å². The van der Waals surface area contributed by atoms with Crippen LogP contribution in [0.3, 0.4) is 0 Å². The lowest BCUT2D eigenvalue weighted by atomic mass is 9.87. The van der Waals surface area contributed by atoms with Crippen LogP contribution >= 0.6 is 0 Å². The number of aliphatic hydroxyl groups excluding tert-OH is 1. The number of anilines is 1. The van der Waals surface area contributed by atoms with Crippen molar-refractivity contribution in [3.63, 3.8) is 0 Å². The van der Waals surface area contributed by atoms with Crippen LogP contribution in [-0.4, -0.2) is 61.8 Å². The van der Waals surface area contributed by atoms with E-state index in [-0.39, 0.29) is 35.1 Å². The van der Waals surface area contributed by atoms with E-state index in [1.807, 2.05) is 5.32 Å². The molecule has 1 heterocycles. The first kappa shape index (κ1) is 32.5. The molecule has 2 atom stereocenters. The fraction of sp³-hybridized carbons (Fsp3) is 0.458. The monoisotopic (exact) mass is 622 g/mol. The summed E-state index contributed by atoms with van der Waals surface area (Å²) in [6.07, 6.45) is -21.8. The number of amides is 1. The van der Waals surface area contributed by atoms with Crippen molar-refractivity contribution in [3.05, 3.63) is 59.2 Å². The largest absolute Gasteiger partial charge is 0.430 e. The highest BCUT2D eigenvalue weighted by molar-refractivity contribution is 7.92. The molecule has 0 radical (unpaired) electrons. The van der Waals surface area contributed by atoms with E-state index in [9.17, 15) is 57.8 Å². The molecule has 1 aliphatic heterocycles. The van der Waals surface area contributed by atoms with E-state index in [1.54, 1.807) is 6.92 Å². The van der Waals surface area contributed by atoms with Crippen LogP contribution in [-0.2, 0) is 26.8 Å². The van der Waals surface area contributed by atoms with Gasteiger partial charge in [-0.3, -0.25) is 9.10 Å². The zero-order chi connectivity index (χ0) is 31.2. The van der Waals surface area contributed by atoms with Crippen molar-refractivity contribution in [3.8, 4) is 0 Å². The summed E-state index contributed by atoms with van der Waals surface area (Å²) in [4.78, 5) is 12.1. The zero-order valence-corrected chi connectivity index (χ0v) is 21.7. The van der Waals surface area contributed by atoms with E-state index in [4.69, 9.17) is 5.11 Å². The third kappa shape index (κ3) is 6.40. The number of hydrogen-bond acceptors (Lipinski definition) is 5. The minimum Gasteiger partial charge on any atom is -0.382 e. The summed E-state index contributed by atoms with van der Waals surface area (Å²) in [6, 6.07) is 5.13. The summed E-state index contributed by atoms with van der Waals surface area (Å²) in [5, 5.41) is 20.7. The van der Waals surface area contributed by atoms with Crippen LogP contribution in [0, 0.1) is 6.92 Å². The normalized spacial score (nSPS) is 17.7. The van der Waals surface area contributed by atoms with Crippen LogP contribution in [0.1, 0.15) is 29.5 Å². The summed E-state index contributed by atoms with van der Waals surface area (Å²) in [6.45, 7) is 0.395. The van der Waals surface area contributed by atoms with Crippen molar-refractivity contribution >= 4 is 21.6 Å². The molecule has 0 saturated carbocycles. The minimum atomic E-state index is -6.19. The molecule has 0 aliphatic carbocycles. The Morgan fingerprint density at radius 2 is 1.56 bits per heavy atom. The van der Waals surface area contributed by atoms with Crippen molar-refractivity contribution in [1.29, 1.82) is 0 Å². The smallest absolute Gasteiger partial charge is 0.382 e. The highest BCUT2D eigenvalue weighted by Crippen LogP contribution is 2.51. The summed E-state index contributed by atoms with van der Waals surface area (Å²) >= 11 is 0. The van der Waals surface area contributed by atoms with Crippen LogP contribution in [0.5, 0.6) is 0 Å². The van der Waals surface area contributed by atoms with Gasteiger partial charge in [-0.15, -0.1) is 0 Å². The Hall–Kier alpha value is -3.05. The van der Waals surface area contributed by atoms with Gasteiger partial charge in [0.15, 0.2) is 6.10 Å². The van der Waals surface area contributed by atoms with E-state index in [0.29, 0.717) is 22.0 Å². The predicted octanol–water partition coefficient (Wildman–Crippen LogP) is 4.25. The fourth-order valence-corrected chi connectivity index (χ4v) is 6.01. The number of nitrogens with one attached hydrogen (secondary N) is 1. The van der Waals surface area contributed by atoms with Gasteiger partial charge in [0.25, 0.3) is 15.6 Å². The summed E-state index contributed by atoms with van der Waals surface area (Å²) in [7, 11) is -4.63. The zero-order valence-electron chi connectivity index (χ0n) is 20.9. The Labute approximate surface area is 227 Å². The predicted molar refractivity (Wildman–Crippen MR) is 125 cm³/mol. The second-order valence-corrected chi connectivity index (χ2v) is 11.2. The van der Waals surface area contributed by atoms with E-state index in [1.165, 1.54) is 24.3 Å². The number of carbonyl (C=O) groups excluding carboxylic acids is 1. The quantitative estimate of drug-likeness (QED) is 0.401. The molecule has 0 aromatic heterocycles. The molecule has 0 fully saturated rings. The van der Waals surface area contributed by atoms with Crippen LogP contribution in [0.15, 0.2) is 47.4 Å². The van der Waals surface area contributed by atoms with Gasteiger partial charge in [-0.05, 0) is 43.5 Å². The maximum absolute atomic E-state index is 13.6. The number of carbonyl (C=O) groups is 1. The summed E-state index contributed by atoms with van der Waals surface area (Å²) < 4.78 is 146. The maximum atomic E-state index is 13.6. The topological polar surface area (TPSA) is 107 Å². The number of aryl methyl sites for hydroxylation is 2. The molecule has 0 bridgehead atoms. The van der Waals surface area contributed by atoms with Gasteiger partial charge in [0, 0.05) is 12.0 Å². The highest BCUT2D eigenvalue weighted by atomic mass is 32.2. The molecule has 1 aliphatic rings. The van der Waals surface area contributed by atoms with Crippen molar-refractivity contribution in [1.82, 2.24) is 5.32 Å². The molecule has 2 aromatic carbocycles. The van der Waals surface area contributed by atoms with Gasteiger partial charge in [-0.2, -0.15) is 39.5 Å². The number of rotatable bonds is 7. The van der Waals surface area contributed by atoms with Gasteiger partial charge >= 0.3 is 18.5 Å². The minimum absolute atomic E-state index is 0.264. The second-order valence-electron chi connectivity index (χ2n) is 9.42. The van der Waals surface area contributed by atoms with Crippen LogP contribution < -0.4 is 9.62 Å². The Bertz CT molecular complexity index is 1360. The summed E-state index contributed by atoms with van der Waals surface area (Å²) in [5.41, 5.74) is -6.95. The second kappa shape index (κ2) is 11.0. The average Bonchev–Trinajstić information content (AvgIpc) is 2.84. The van der Waals surface area contributed by atoms with Gasteiger partial charge in [-0.25, -0.2) is 8.42 Å². The number of sulfonamides is 1. The number of aliphatic hydroxyl groups is 2. The highest BCUT2D eigenvalue weighted by Gasteiger charge is 2.71. The Morgan fingerprint density at radius 1 is 1.00 bits per heavy atom. The van der Waals surface area contributed by atoms with Crippen molar-refractivity contribution in [2.45, 2.75) is 67.4 Å². The van der Waals surface area contributed by atoms with Crippen LogP contribution in [0.25, 0.3) is 0 Å². The van der Waals surface area contributed by atoms with Crippen LogP contribution in [0.2, 0.25) is 0 Å². The summed E-state index contributed by atoms with van der Waals surface area (Å²) in [5.74, 6) is -1.11. The van der Waals surface area contributed by atoms with Crippen molar-refractivity contribution in [2.75, 3.05) is 10.8 Å². The lowest BCUT2D eigenvalue weighted by Gasteiger charge is -2.39. The van der Waals surface area contributed by atoms with Crippen LogP contribution in [0.4, 0.5) is 45.2 Å². The van der Waals surface area contributed by atoms with Gasteiger partial charge in [0.05, 0.1) is 23.2 Å². The molecule has 41 heavy (non-hydrogen) atoms. The molecule has 1 amide bonds. The molecular formula is C24H23F9N2O5S. The third-order valence-electron chi connectivity index (χ3n) is 6.50. The lowest BCUT2D eigenvalue weighted by Crippen LogP contribution is -2.54. The van der Waals surface area contributed by atoms with E-state index < -0.39 is 70.7 Å². The van der Waals surface area contributed by atoms with Crippen molar-refractivity contribution in [2.24, 2.45) is 0 Å². The molecule has 7 nitrogen and oxygen atoms in total. The first-order chi connectivity index (χ1) is 18.6. The number of benzene rings is 2. The third-order valence-corrected chi connectivity index (χ3v) is 8.38.